The summed E-state index contributed by atoms with van der Waals surface area (Å²) in [5.41, 5.74) is 0. The smallest absolute Gasteiger partial charge is 0.418 e. The molecule has 0 aliphatic rings. The number of halogens is 4. The van der Waals surface area contributed by atoms with Crippen molar-refractivity contribution in [3.8, 4) is 6.19 Å². The predicted octanol–water partition coefficient (Wildman–Crippen LogP) is 0.994. The van der Waals surface area contributed by atoms with Gasteiger partial charge in [-0.25, -0.2) is 4.90 Å². The molecule has 1 rings (SSSR count). The SMILES string of the molecule is C[NH+](C)C#N.F[B-](F)(F)F.c1ccncc1. The third-order valence-corrected chi connectivity index (χ3v) is 0.790. The molecule has 3 nitrogen and oxygen atoms in total. The number of nitrogens with zero attached hydrogens (tertiary/aromatic N) is 2. The van der Waals surface area contributed by atoms with Gasteiger partial charge in [-0.1, -0.05) is 6.07 Å². The number of hydrogen-bond donors (Lipinski definition) is 1. The van der Waals surface area contributed by atoms with Crippen LogP contribution in [0.5, 0.6) is 0 Å². The van der Waals surface area contributed by atoms with Crippen molar-refractivity contribution in [1.29, 1.82) is 5.26 Å². The summed E-state index contributed by atoms with van der Waals surface area (Å²) < 4.78 is 39.0. The quantitative estimate of drug-likeness (QED) is 0.415. The molecule has 8 heteroatoms. The Bertz CT molecular complexity index is 251. The molecule has 1 N–H and O–H groups in total. The van der Waals surface area contributed by atoms with E-state index in [9.17, 15) is 17.3 Å². The van der Waals surface area contributed by atoms with Gasteiger partial charge in [0.15, 0.2) is 0 Å². The van der Waals surface area contributed by atoms with Crippen LogP contribution in [0.25, 0.3) is 0 Å². The molecule has 1 aromatic rings. The number of pyridine rings is 1. The average Bonchev–Trinajstić information content (AvgIpc) is 2.19. The van der Waals surface area contributed by atoms with E-state index in [2.05, 4.69) is 4.98 Å². The monoisotopic (exact) mass is 237 g/mol. The van der Waals surface area contributed by atoms with E-state index in [-0.39, 0.29) is 0 Å². The van der Waals surface area contributed by atoms with Crippen molar-refractivity contribution >= 4 is 7.25 Å². The van der Waals surface area contributed by atoms with E-state index in [4.69, 9.17) is 5.26 Å². The van der Waals surface area contributed by atoms with Gasteiger partial charge in [0, 0.05) is 12.4 Å². The number of hydrogen-bond acceptors (Lipinski definition) is 2. The van der Waals surface area contributed by atoms with Crippen LogP contribution in [0.15, 0.2) is 30.6 Å². The zero-order chi connectivity index (χ0) is 13.0. The van der Waals surface area contributed by atoms with Crippen molar-refractivity contribution in [3.05, 3.63) is 30.6 Å². The summed E-state index contributed by atoms with van der Waals surface area (Å²) in [5.74, 6) is 0. The van der Waals surface area contributed by atoms with Crippen molar-refractivity contribution in [2.45, 2.75) is 0 Å². The molecule has 0 radical (unpaired) electrons. The van der Waals surface area contributed by atoms with Gasteiger partial charge in [0.25, 0.3) is 0 Å². The Morgan fingerprint density at radius 2 is 1.38 bits per heavy atom. The van der Waals surface area contributed by atoms with Gasteiger partial charge in [0.2, 0.25) is 0 Å². The Morgan fingerprint density at radius 1 is 1.06 bits per heavy atom. The van der Waals surface area contributed by atoms with Gasteiger partial charge >= 0.3 is 13.4 Å². The molecule has 0 fully saturated rings. The van der Waals surface area contributed by atoms with Crippen molar-refractivity contribution < 1.29 is 22.2 Å². The van der Waals surface area contributed by atoms with Gasteiger partial charge in [-0.3, -0.25) is 4.98 Å². The van der Waals surface area contributed by atoms with Crippen LogP contribution in [0, 0.1) is 11.5 Å². The van der Waals surface area contributed by atoms with Gasteiger partial charge in [0.1, 0.15) is 0 Å². The maximum Gasteiger partial charge on any atom is 0.673 e. The van der Waals surface area contributed by atoms with E-state index in [1.54, 1.807) is 26.5 Å². The molecule has 90 valence electrons. The highest BCUT2D eigenvalue weighted by Gasteiger charge is 2.20. The third kappa shape index (κ3) is 39.4. The van der Waals surface area contributed by atoms with Crippen LogP contribution in [0.1, 0.15) is 0 Å². The first-order valence-corrected chi connectivity index (χ1v) is 4.20. The van der Waals surface area contributed by atoms with Crippen LogP contribution in [-0.4, -0.2) is 26.3 Å². The summed E-state index contributed by atoms with van der Waals surface area (Å²) in [6.07, 6.45) is 5.44. The first-order valence-electron chi connectivity index (χ1n) is 4.20. The molecule has 1 heterocycles. The number of rotatable bonds is 0. The van der Waals surface area contributed by atoms with Crippen LogP contribution >= 0.6 is 0 Å². The standard InChI is InChI=1S/C5H5N.C3H6N2.BF4/c1-2-4-6-5-3-1;1-5(2)3-4;2-1(3,4)5/h1-5H;1-2H3;/q;;-1/p+1. The van der Waals surface area contributed by atoms with Gasteiger partial charge in [-0.05, 0) is 12.1 Å². The zero-order valence-electron chi connectivity index (χ0n) is 8.87. The summed E-state index contributed by atoms with van der Waals surface area (Å²) in [7, 11) is -2.44. The van der Waals surface area contributed by atoms with E-state index >= 15 is 0 Å². The maximum atomic E-state index is 9.75. The van der Waals surface area contributed by atoms with Gasteiger partial charge < -0.3 is 17.3 Å². The van der Waals surface area contributed by atoms with Crippen molar-refractivity contribution in [2.24, 2.45) is 0 Å². The molecular formula is C8H12BF4N3. The molecule has 0 unspecified atom stereocenters. The van der Waals surface area contributed by atoms with Crippen molar-refractivity contribution in [1.82, 2.24) is 4.98 Å². The maximum absolute atomic E-state index is 9.75. The van der Waals surface area contributed by atoms with Crippen LogP contribution in [0.3, 0.4) is 0 Å². The molecule has 0 saturated heterocycles. The molecule has 16 heavy (non-hydrogen) atoms. The largest absolute Gasteiger partial charge is 0.673 e. The Balaban J connectivity index is 0. The summed E-state index contributed by atoms with van der Waals surface area (Å²) in [6.45, 7) is 0. The Hall–Kier alpha value is -1.62. The Kier molecular flexibility index (Phi) is 10.4. The zero-order valence-corrected chi connectivity index (χ0v) is 8.87. The first kappa shape index (κ1) is 16.8. The molecular weight excluding hydrogens is 225 g/mol. The molecule has 0 aromatic carbocycles. The Labute approximate surface area is 91.4 Å². The van der Waals surface area contributed by atoms with E-state index in [1.807, 2.05) is 24.4 Å². The van der Waals surface area contributed by atoms with Gasteiger partial charge in [-0.2, -0.15) is 0 Å². The number of nitrogens with one attached hydrogen (secondary N) is 1. The number of nitriles is 1. The van der Waals surface area contributed by atoms with Crippen LogP contribution in [0.2, 0.25) is 0 Å². The van der Waals surface area contributed by atoms with Crippen LogP contribution in [0.4, 0.5) is 17.3 Å². The molecule has 0 atom stereocenters. The highest BCUT2D eigenvalue weighted by atomic mass is 19.5. The molecule has 0 bridgehead atoms. The normalized spacial score (nSPS) is 9.12. The van der Waals surface area contributed by atoms with Crippen LogP contribution in [-0.2, 0) is 0 Å². The number of quaternary nitrogens is 1. The lowest BCUT2D eigenvalue weighted by Gasteiger charge is -1.94. The minimum absolute atomic E-state index is 0.810. The molecule has 0 amide bonds. The second kappa shape index (κ2) is 9.92. The van der Waals surface area contributed by atoms with Gasteiger partial charge in [-0.15, -0.1) is 5.26 Å². The van der Waals surface area contributed by atoms with E-state index in [1.165, 1.54) is 0 Å². The fraction of sp³-hybridized carbons (Fsp3) is 0.250. The topological polar surface area (TPSA) is 41.1 Å². The lowest BCUT2D eigenvalue weighted by Crippen LogP contribution is -3.01. The molecule has 0 aliphatic carbocycles. The summed E-state index contributed by atoms with van der Waals surface area (Å²) >= 11 is 0. The lowest BCUT2D eigenvalue weighted by molar-refractivity contribution is -0.785. The highest BCUT2D eigenvalue weighted by molar-refractivity contribution is 6.50. The van der Waals surface area contributed by atoms with Crippen LogP contribution < -0.4 is 4.90 Å². The number of aromatic nitrogens is 1. The summed E-state index contributed by atoms with van der Waals surface area (Å²) in [6, 6.07) is 5.72. The average molecular weight is 237 g/mol. The highest BCUT2D eigenvalue weighted by Crippen LogP contribution is 2.06. The predicted molar refractivity (Wildman–Crippen MR) is 52.8 cm³/mol. The molecule has 0 spiro atoms. The fourth-order valence-corrected chi connectivity index (χ4v) is 0.313. The van der Waals surface area contributed by atoms with Crippen molar-refractivity contribution in [2.75, 3.05) is 14.1 Å². The van der Waals surface area contributed by atoms with E-state index in [0.29, 0.717) is 0 Å². The summed E-state index contributed by atoms with van der Waals surface area (Å²) in [5, 5.41) is 7.86. The van der Waals surface area contributed by atoms with E-state index < -0.39 is 7.25 Å². The van der Waals surface area contributed by atoms with Crippen molar-refractivity contribution in [3.63, 3.8) is 0 Å². The lowest BCUT2D eigenvalue weighted by atomic mass is 10.3. The van der Waals surface area contributed by atoms with E-state index in [0.717, 1.165) is 4.90 Å². The Morgan fingerprint density at radius 3 is 1.44 bits per heavy atom. The minimum Gasteiger partial charge on any atom is -0.418 e. The molecule has 0 saturated carbocycles. The molecule has 0 aliphatic heterocycles. The molecule has 1 aromatic heterocycles. The minimum atomic E-state index is -6.00. The third-order valence-electron chi connectivity index (χ3n) is 0.790. The second-order valence-corrected chi connectivity index (χ2v) is 2.63. The van der Waals surface area contributed by atoms with Gasteiger partial charge in [0.05, 0.1) is 14.1 Å². The first-order chi connectivity index (χ1) is 7.27. The summed E-state index contributed by atoms with van der Waals surface area (Å²) in [4.78, 5) is 4.59. The fourth-order valence-electron chi connectivity index (χ4n) is 0.313. The second-order valence-electron chi connectivity index (χ2n) is 2.63.